The largest absolute Gasteiger partial charge is 0.356 e. The second kappa shape index (κ2) is 10.4. The van der Waals surface area contributed by atoms with Gasteiger partial charge in [0.25, 0.3) is 0 Å². The molecule has 160 valence electrons. The molecule has 5 heteroatoms. The van der Waals surface area contributed by atoms with Crippen molar-refractivity contribution in [2.45, 2.75) is 52.5 Å². The topological polar surface area (TPSA) is 49.4 Å². The van der Waals surface area contributed by atoms with Crippen molar-refractivity contribution in [3.63, 3.8) is 0 Å². The van der Waals surface area contributed by atoms with Gasteiger partial charge in [0.05, 0.1) is 13.0 Å². The van der Waals surface area contributed by atoms with Crippen LogP contribution in [0.15, 0.2) is 48.5 Å². The quantitative estimate of drug-likeness (QED) is 0.675. The Hall–Kier alpha value is -2.69. The minimum Gasteiger partial charge on any atom is -0.356 e. The van der Waals surface area contributed by atoms with Crippen molar-refractivity contribution in [1.29, 1.82) is 0 Å². The van der Waals surface area contributed by atoms with E-state index in [-0.39, 0.29) is 30.0 Å². The van der Waals surface area contributed by atoms with Gasteiger partial charge in [0.15, 0.2) is 0 Å². The lowest BCUT2D eigenvalue weighted by molar-refractivity contribution is -0.122. The number of hydrogen-bond donors (Lipinski definition) is 1. The van der Waals surface area contributed by atoms with Crippen LogP contribution in [0.3, 0.4) is 0 Å². The molecule has 4 nitrogen and oxygen atoms in total. The summed E-state index contributed by atoms with van der Waals surface area (Å²) in [5, 5.41) is 2.94. The molecule has 1 saturated carbocycles. The van der Waals surface area contributed by atoms with E-state index in [2.05, 4.69) is 19.2 Å². The van der Waals surface area contributed by atoms with Gasteiger partial charge in [-0.25, -0.2) is 4.39 Å². The van der Waals surface area contributed by atoms with Gasteiger partial charge in [0.2, 0.25) is 11.8 Å². The van der Waals surface area contributed by atoms with Crippen LogP contribution in [0, 0.1) is 17.7 Å². The van der Waals surface area contributed by atoms with E-state index in [9.17, 15) is 14.0 Å². The molecule has 0 aliphatic heterocycles. The minimum absolute atomic E-state index is 0.0203. The van der Waals surface area contributed by atoms with Crippen molar-refractivity contribution in [3.8, 4) is 0 Å². The van der Waals surface area contributed by atoms with E-state index >= 15 is 0 Å². The Morgan fingerprint density at radius 2 is 1.77 bits per heavy atom. The summed E-state index contributed by atoms with van der Waals surface area (Å²) in [6.45, 7) is 5.15. The first-order chi connectivity index (χ1) is 14.4. The molecule has 0 unspecified atom stereocenters. The number of rotatable bonds is 8. The molecule has 1 N–H and O–H groups in total. The fraction of sp³-hybridized carbons (Fsp3) is 0.440. The summed E-state index contributed by atoms with van der Waals surface area (Å²) in [5.41, 5.74) is 2.53. The first-order valence-corrected chi connectivity index (χ1v) is 10.8. The molecule has 2 aromatic rings. The van der Waals surface area contributed by atoms with Gasteiger partial charge in [-0.15, -0.1) is 0 Å². The number of carbonyl (C=O) groups is 2. The van der Waals surface area contributed by atoms with Crippen LogP contribution in [-0.4, -0.2) is 18.4 Å². The Labute approximate surface area is 178 Å². The van der Waals surface area contributed by atoms with Crippen molar-refractivity contribution in [2.24, 2.45) is 11.8 Å². The van der Waals surface area contributed by atoms with Crippen molar-refractivity contribution in [1.82, 2.24) is 5.32 Å². The van der Waals surface area contributed by atoms with E-state index in [4.69, 9.17) is 0 Å². The van der Waals surface area contributed by atoms with Crippen LogP contribution in [-0.2, 0) is 22.6 Å². The van der Waals surface area contributed by atoms with Crippen molar-refractivity contribution in [2.75, 3.05) is 11.4 Å². The number of carbonyl (C=O) groups excluding carboxylic acids is 2. The maximum atomic E-state index is 13.3. The van der Waals surface area contributed by atoms with Gasteiger partial charge in [-0.3, -0.25) is 9.59 Å². The molecule has 0 spiro atoms. The Morgan fingerprint density at radius 3 is 2.43 bits per heavy atom. The molecule has 0 atom stereocenters. The summed E-state index contributed by atoms with van der Waals surface area (Å²) in [6.07, 6.45) is 4.27. The van der Waals surface area contributed by atoms with Crippen LogP contribution in [0.25, 0.3) is 0 Å². The summed E-state index contributed by atoms with van der Waals surface area (Å²) in [4.78, 5) is 27.3. The second-order valence-electron chi connectivity index (χ2n) is 8.58. The number of anilines is 1. The second-order valence-corrected chi connectivity index (χ2v) is 8.58. The van der Waals surface area contributed by atoms with Gasteiger partial charge in [0, 0.05) is 18.2 Å². The average molecular weight is 411 g/mol. The number of halogens is 1. The summed E-state index contributed by atoms with van der Waals surface area (Å²) >= 11 is 0. The highest BCUT2D eigenvalue weighted by atomic mass is 19.1. The van der Waals surface area contributed by atoms with Crippen LogP contribution >= 0.6 is 0 Å². The lowest BCUT2D eigenvalue weighted by Crippen LogP contribution is -2.35. The maximum absolute atomic E-state index is 13.3. The van der Waals surface area contributed by atoms with Crippen LogP contribution in [0.5, 0.6) is 0 Å². The predicted molar refractivity (Wildman–Crippen MR) is 118 cm³/mol. The molecule has 0 heterocycles. The summed E-state index contributed by atoms with van der Waals surface area (Å²) < 4.78 is 13.3. The van der Waals surface area contributed by atoms with Crippen LogP contribution < -0.4 is 10.2 Å². The third kappa shape index (κ3) is 6.15. The summed E-state index contributed by atoms with van der Waals surface area (Å²) in [5.74, 6) is 0.229. The molecule has 0 radical (unpaired) electrons. The van der Waals surface area contributed by atoms with E-state index in [0.29, 0.717) is 19.0 Å². The van der Waals surface area contributed by atoms with Crippen LogP contribution in [0.4, 0.5) is 10.1 Å². The van der Waals surface area contributed by atoms with Crippen molar-refractivity contribution in [3.05, 3.63) is 65.5 Å². The number of hydrogen-bond acceptors (Lipinski definition) is 2. The third-order valence-electron chi connectivity index (χ3n) is 5.52. The first kappa shape index (κ1) is 22.0. The molecule has 30 heavy (non-hydrogen) atoms. The molecule has 1 fully saturated rings. The molecule has 3 rings (SSSR count). The molecular weight excluding hydrogens is 379 g/mol. The van der Waals surface area contributed by atoms with E-state index in [0.717, 1.165) is 42.5 Å². The Bertz CT molecular complexity index is 858. The van der Waals surface area contributed by atoms with E-state index < -0.39 is 0 Å². The van der Waals surface area contributed by atoms with Crippen molar-refractivity contribution >= 4 is 17.5 Å². The molecule has 2 aromatic carbocycles. The molecule has 0 aromatic heterocycles. The van der Waals surface area contributed by atoms with Gasteiger partial charge >= 0.3 is 0 Å². The number of amides is 2. The lowest BCUT2D eigenvalue weighted by atomic mass is 10.0. The highest BCUT2D eigenvalue weighted by molar-refractivity contribution is 5.95. The first-order valence-electron chi connectivity index (χ1n) is 10.8. The van der Waals surface area contributed by atoms with E-state index in [1.807, 2.05) is 24.3 Å². The lowest BCUT2D eigenvalue weighted by Gasteiger charge is -2.26. The number of nitrogens with zero attached hydrogens (tertiary/aromatic N) is 1. The summed E-state index contributed by atoms with van der Waals surface area (Å²) in [7, 11) is 0. The van der Waals surface area contributed by atoms with Crippen LogP contribution in [0.2, 0.25) is 0 Å². The number of benzene rings is 2. The number of nitrogens with one attached hydrogen (secondary N) is 1. The van der Waals surface area contributed by atoms with Crippen LogP contribution in [0.1, 0.15) is 50.7 Å². The zero-order valence-electron chi connectivity index (χ0n) is 17.9. The highest BCUT2D eigenvalue weighted by Crippen LogP contribution is 2.30. The van der Waals surface area contributed by atoms with Gasteiger partial charge in [-0.05, 0) is 54.2 Å². The van der Waals surface area contributed by atoms with Gasteiger partial charge in [-0.1, -0.05) is 51.0 Å². The molecule has 0 bridgehead atoms. The fourth-order valence-corrected chi connectivity index (χ4v) is 3.86. The zero-order valence-corrected chi connectivity index (χ0v) is 17.9. The maximum Gasteiger partial charge on any atom is 0.230 e. The fourth-order valence-electron chi connectivity index (χ4n) is 3.86. The van der Waals surface area contributed by atoms with Gasteiger partial charge in [-0.2, -0.15) is 0 Å². The molecular formula is C25H31FN2O2. The monoisotopic (exact) mass is 410 g/mol. The van der Waals surface area contributed by atoms with Gasteiger partial charge < -0.3 is 10.2 Å². The van der Waals surface area contributed by atoms with Crippen molar-refractivity contribution < 1.29 is 14.0 Å². The highest BCUT2D eigenvalue weighted by Gasteiger charge is 2.28. The van der Waals surface area contributed by atoms with Gasteiger partial charge in [0.1, 0.15) is 5.82 Å². The molecule has 0 saturated heterocycles. The Morgan fingerprint density at radius 1 is 1.07 bits per heavy atom. The zero-order chi connectivity index (χ0) is 21.5. The Balaban J connectivity index is 1.80. The van der Waals surface area contributed by atoms with E-state index in [1.54, 1.807) is 17.0 Å². The average Bonchev–Trinajstić information content (AvgIpc) is 3.26. The van der Waals surface area contributed by atoms with E-state index in [1.165, 1.54) is 12.1 Å². The molecule has 1 aliphatic rings. The minimum atomic E-state index is -0.290. The Kier molecular flexibility index (Phi) is 7.61. The SMILES string of the molecule is CC(C)CNC(=O)Cc1cccc(N(Cc2ccc(F)cc2)C(=O)C2CCCC2)c1. The smallest absolute Gasteiger partial charge is 0.230 e. The molecule has 1 aliphatic carbocycles. The standard InChI is InChI=1S/C25H31FN2O2/c1-18(2)16-27-24(29)15-20-6-5-9-23(14-20)28(25(30)21-7-3-4-8-21)17-19-10-12-22(26)13-11-19/h5-6,9-14,18,21H,3-4,7-8,15-17H2,1-2H3,(H,27,29). The summed E-state index contributed by atoms with van der Waals surface area (Å²) in [6, 6.07) is 13.9. The third-order valence-corrected chi connectivity index (χ3v) is 5.52. The molecule has 2 amide bonds. The normalized spacial score (nSPS) is 14.1. The predicted octanol–water partition coefficient (Wildman–Crippen LogP) is 4.86.